The summed E-state index contributed by atoms with van der Waals surface area (Å²) in [4.78, 5) is 24.6. The molecule has 1 atom stereocenters. The average molecular weight is 312 g/mol. The van der Waals surface area contributed by atoms with E-state index in [1.807, 2.05) is 28.0 Å². The number of urea groups is 1. The van der Waals surface area contributed by atoms with E-state index in [0.717, 1.165) is 23.4 Å². The van der Waals surface area contributed by atoms with Gasteiger partial charge in [0.05, 0.1) is 25.2 Å². The van der Waals surface area contributed by atoms with E-state index in [1.165, 1.54) is 0 Å². The summed E-state index contributed by atoms with van der Waals surface area (Å²) in [7, 11) is 0. The molecule has 2 aliphatic rings. The second-order valence-corrected chi connectivity index (χ2v) is 5.90. The number of H-pyrrole nitrogens is 1. The molecule has 4 rings (SSSR count). The molecule has 0 saturated carbocycles. The number of morpholine rings is 1. The zero-order chi connectivity index (χ0) is 15.6. The van der Waals surface area contributed by atoms with Crippen molar-refractivity contribution in [1.29, 1.82) is 0 Å². The number of nitrogens with zero attached hydrogens (tertiary/aromatic N) is 3. The fourth-order valence-corrected chi connectivity index (χ4v) is 3.39. The van der Waals surface area contributed by atoms with Crippen molar-refractivity contribution in [2.24, 2.45) is 0 Å². The van der Waals surface area contributed by atoms with Gasteiger partial charge in [-0.05, 0) is 5.56 Å². The Bertz CT molecular complexity index is 679. The first kappa shape index (κ1) is 14.3. The second-order valence-electron chi connectivity index (χ2n) is 5.90. The highest BCUT2D eigenvalue weighted by molar-refractivity contribution is 5.76. The molecule has 1 N–H and O–H groups in total. The maximum absolute atomic E-state index is 13.0. The van der Waals surface area contributed by atoms with Crippen molar-refractivity contribution < 1.29 is 9.53 Å². The van der Waals surface area contributed by atoms with Gasteiger partial charge in [-0.15, -0.1) is 0 Å². The van der Waals surface area contributed by atoms with Gasteiger partial charge in [0, 0.05) is 31.7 Å². The SMILES string of the molecule is O=C(N1CCOCC1)N1CCc2[nH]cnc2C1c1ccccc1. The van der Waals surface area contributed by atoms with Gasteiger partial charge >= 0.3 is 6.03 Å². The molecular weight excluding hydrogens is 292 g/mol. The van der Waals surface area contributed by atoms with Crippen molar-refractivity contribution >= 4 is 6.03 Å². The maximum atomic E-state index is 13.0. The Kier molecular flexibility index (Phi) is 3.75. The van der Waals surface area contributed by atoms with E-state index in [4.69, 9.17) is 4.74 Å². The molecule has 0 aliphatic carbocycles. The van der Waals surface area contributed by atoms with Crippen molar-refractivity contribution in [3.8, 4) is 0 Å². The van der Waals surface area contributed by atoms with Crippen LogP contribution in [0.15, 0.2) is 36.7 Å². The number of fused-ring (bicyclic) bond motifs is 1. The minimum Gasteiger partial charge on any atom is -0.378 e. The van der Waals surface area contributed by atoms with Crippen molar-refractivity contribution in [1.82, 2.24) is 19.8 Å². The Labute approximate surface area is 135 Å². The predicted octanol–water partition coefficient (Wildman–Crippen LogP) is 1.81. The van der Waals surface area contributed by atoms with Crippen LogP contribution >= 0.6 is 0 Å². The van der Waals surface area contributed by atoms with Crippen LogP contribution in [0.1, 0.15) is 23.0 Å². The molecule has 2 amide bonds. The third kappa shape index (κ3) is 2.59. The summed E-state index contributed by atoms with van der Waals surface area (Å²) in [5.41, 5.74) is 3.19. The fraction of sp³-hybridized carbons (Fsp3) is 0.412. The zero-order valence-electron chi connectivity index (χ0n) is 12.9. The van der Waals surface area contributed by atoms with Gasteiger partial charge in [0.15, 0.2) is 0 Å². The van der Waals surface area contributed by atoms with Crippen LogP contribution in [0.4, 0.5) is 4.79 Å². The third-order valence-corrected chi connectivity index (χ3v) is 4.57. The van der Waals surface area contributed by atoms with Gasteiger partial charge in [0.1, 0.15) is 6.04 Å². The molecule has 0 spiro atoms. The minimum absolute atomic E-state index is 0.0794. The molecule has 1 aromatic heterocycles. The summed E-state index contributed by atoms with van der Waals surface area (Å²) in [6.07, 6.45) is 2.54. The van der Waals surface area contributed by atoms with E-state index >= 15 is 0 Å². The van der Waals surface area contributed by atoms with Gasteiger partial charge in [-0.2, -0.15) is 0 Å². The predicted molar refractivity (Wildman–Crippen MR) is 85.1 cm³/mol. The normalized spacial score (nSPS) is 21.1. The first-order valence-corrected chi connectivity index (χ1v) is 8.05. The summed E-state index contributed by atoms with van der Waals surface area (Å²) >= 11 is 0. The van der Waals surface area contributed by atoms with E-state index < -0.39 is 0 Å². The van der Waals surface area contributed by atoms with Gasteiger partial charge in [-0.3, -0.25) is 0 Å². The molecule has 0 bridgehead atoms. The fourth-order valence-electron chi connectivity index (χ4n) is 3.39. The lowest BCUT2D eigenvalue weighted by Crippen LogP contribution is -2.51. The van der Waals surface area contributed by atoms with Crippen molar-refractivity contribution in [2.75, 3.05) is 32.8 Å². The van der Waals surface area contributed by atoms with Crippen LogP contribution in [0.25, 0.3) is 0 Å². The Balaban J connectivity index is 1.69. The second kappa shape index (κ2) is 6.04. The lowest BCUT2D eigenvalue weighted by atomic mass is 9.96. The van der Waals surface area contributed by atoms with E-state index in [9.17, 15) is 4.79 Å². The molecule has 6 heteroatoms. The van der Waals surface area contributed by atoms with Gasteiger partial charge in [0.25, 0.3) is 0 Å². The average Bonchev–Trinajstić information content (AvgIpc) is 3.10. The van der Waals surface area contributed by atoms with Crippen molar-refractivity contribution in [3.05, 3.63) is 53.6 Å². The topological polar surface area (TPSA) is 61.5 Å². The molecule has 0 radical (unpaired) electrons. The molecule has 1 unspecified atom stereocenters. The molecule has 2 aromatic rings. The van der Waals surface area contributed by atoms with Gasteiger partial charge in [-0.25, -0.2) is 9.78 Å². The number of hydrogen-bond donors (Lipinski definition) is 1. The highest BCUT2D eigenvalue weighted by Crippen LogP contribution is 2.33. The first-order chi connectivity index (χ1) is 11.3. The number of ether oxygens (including phenoxy) is 1. The van der Waals surface area contributed by atoms with E-state index in [-0.39, 0.29) is 12.1 Å². The van der Waals surface area contributed by atoms with Gasteiger partial charge in [-0.1, -0.05) is 30.3 Å². The number of carbonyl (C=O) groups is 1. The van der Waals surface area contributed by atoms with Crippen LogP contribution < -0.4 is 0 Å². The third-order valence-electron chi connectivity index (χ3n) is 4.57. The molecule has 1 saturated heterocycles. The molecule has 6 nitrogen and oxygen atoms in total. The lowest BCUT2D eigenvalue weighted by molar-refractivity contribution is 0.0398. The quantitative estimate of drug-likeness (QED) is 0.873. The van der Waals surface area contributed by atoms with Gasteiger partial charge in [0.2, 0.25) is 0 Å². The monoisotopic (exact) mass is 312 g/mol. The first-order valence-electron chi connectivity index (χ1n) is 8.05. The molecule has 120 valence electrons. The number of hydrogen-bond acceptors (Lipinski definition) is 3. The standard InChI is InChI=1S/C17H20N4O2/c22-17(20-8-10-23-11-9-20)21-7-6-14-15(19-12-18-14)16(21)13-4-2-1-3-5-13/h1-5,12,16H,6-11H2,(H,18,19). The molecular formula is C17H20N4O2. The number of benzene rings is 1. The van der Waals surface area contributed by atoms with Crippen LogP contribution in [0.2, 0.25) is 0 Å². The Morgan fingerprint density at radius 1 is 1.17 bits per heavy atom. The smallest absolute Gasteiger partial charge is 0.321 e. The number of nitrogens with one attached hydrogen (secondary N) is 1. The summed E-state index contributed by atoms with van der Waals surface area (Å²) in [5.74, 6) is 0. The maximum Gasteiger partial charge on any atom is 0.321 e. The van der Waals surface area contributed by atoms with Crippen LogP contribution in [0, 0.1) is 0 Å². The summed E-state index contributed by atoms with van der Waals surface area (Å²) in [6.45, 7) is 3.24. The number of rotatable bonds is 1. The summed E-state index contributed by atoms with van der Waals surface area (Å²) in [5, 5.41) is 0. The van der Waals surface area contributed by atoms with Crippen LogP contribution in [-0.4, -0.2) is 58.6 Å². The number of aromatic nitrogens is 2. The summed E-state index contributed by atoms with van der Waals surface area (Å²) < 4.78 is 5.36. The van der Waals surface area contributed by atoms with Crippen LogP contribution in [0.3, 0.4) is 0 Å². The number of amides is 2. The number of aromatic amines is 1. The molecule has 1 fully saturated rings. The van der Waals surface area contributed by atoms with Crippen molar-refractivity contribution in [3.63, 3.8) is 0 Å². The van der Waals surface area contributed by atoms with Crippen molar-refractivity contribution in [2.45, 2.75) is 12.5 Å². The lowest BCUT2D eigenvalue weighted by Gasteiger charge is -2.39. The molecule has 2 aliphatic heterocycles. The molecule has 1 aromatic carbocycles. The van der Waals surface area contributed by atoms with Crippen LogP contribution in [-0.2, 0) is 11.2 Å². The Hall–Kier alpha value is -2.34. The summed E-state index contributed by atoms with van der Waals surface area (Å²) in [6, 6.07) is 10.1. The van der Waals surface area contributed by atoms with E-state index in [1.54, 1.807) is 6.33 Å². The zero-order valence-corrected chi connectivity index (χ0v) is 12.9. The number of imidazole rings is 1. The van der Waals surface area contributed by atoms with E-state index in [2.05, 4.69) is 22.1 Å². The molecule has 3 heterocycles. The molecule has 23 heavy (non-hydrogen) atoms. The van der Waals surface area contributed by atoms with Gasteiger partial charge < -0.3 is 19.5 Å². The number of carbonyl (C=O) groups excluding carboxylic acids is 1. The Morgan fingerprint density at radius 3 is 2.74 bits per heavy atom. The largest absolute Gasteiger partial charge is 0.378 e. The van der Waals surface area contributed by atoms with E-state index in [0.29, 0.717) is 32.8 Å². The minimum atomic E-state index is -0.124. The highest BCUT2D eigenvalue weighted by atomic mass is 16.5. The highest BCUT2D eigenvalue weighted by Gasteiger charge is 2.36. The Morgan fingerprint density at radius 2 is 1.96 bits per heavy atom. The van der Waals surface area contributed by atoms with Crippen LogP contribution in [0.5, 0.6) is 0 Å².